The van der Waals surface area contributed by atoms with Crippen LogP contribution in [0.25, 0.3) is 0 Å². The topological polar surface area (TPSA) is 47.6 Å². The minimum absolute atomic E-state index is 0.342. The highest BCUT2D eigenvalue weighted by molar-refractivity contribution is 5.82. The average molecular weight is 297 g/mol. The van der Waals surface area contributed by atoms with Crippen molar-refractivity contribution < 1.29 is 14.3 Å². The van der Waals surface area contributed by atoms with Crippen LogP contribution >= 0.6 is 0 Å². The molecular weight excluding hydrogens is 278 g/mol. The van der Waals surface area contributed by atoms with Crippen LogP contribution in [0.3, 0.4) is 0 Å². The van der Waals surface area contributed by atoms with Crippen molar-refractivity contribution in [3.8, 4) is 11.5 Å². The van der Waals surface area contributed by atoms with Gasteiger partial charge in [0.1, 0.15) is 11.5 Å². The van der Waals surface area contributed by atoms with Gasteiger partial charge < -0.3 is 14.8 Å². The van der Waals surface area contributed by atoms with Crippen LogP contribution in [0.5, 0.6) is 11.5 Å². The molecule has 0 aliphatic heterocycles. The zero-order valence-electron chi connectivity index (χ0n) is 12.7. The van der Waals surface area contributed by atoms with Crippen LogP contribution in [-0.4, -0.2) is 19.6 Å². The first-order chi connectivity index (χ1) is 10.7. The summed E-state index contributed by atoms with van der Waals surface area (Å²) in [4.78, 5) is 11.1. The van der Waals surface area contributed by atoms with E-state index in [2.05, 4.69) is 10.1 Å². The number of benzene rings is 2. The van der Waals surface area contributed by atoms with Gasteiger partial charge in [0.25, 0.3) is 0 Å². The summed E-state index contributed by atoms with van der Waals surface area (Å²) in [7, 11) is 1.37. The fourth-order valence-corrected chi connectivity index (χ4v) is 1.82. The normalized spacial score (nSPS) is 10.9. The Bertz CT molecular complexity index is 633. The molecule has 0 saturated carbocycles. The maximum atomic E-state index is 11.1. The van der Waals surface area contributed by atoms with Gasteiger partial charge in [0.15, 0.2) is 0 Å². The molecule has 22 heavy (non-hydrogen) atoms. The van der Waals surface area contributed by atoms with Crippen molar-refractivity contribution in [2.75, 3.05) is 19.0 Å². The first-order valence-electron chi connectivity index (χ1n) is 6.99. The number of hydrogen-bond acceptors (Lipinski definition) is 4. The third kappa shape index (κ3) is 4.98. The molecule has 2 rings (SSSR count). The zero-order chi connectivity index (χ0) is 15.8. The van der Waals surface area contributed by atoms with Crippen LogP contribution in [0.1, 0.15) is 6.92 Å². The van der Waals surface area contributed by atoms with Gasteiger partial charge in [-0.05, 0) is 48.9 Å². The van der Waals surface area contributed by atoms with E-state index in [1.807, 2.05) is 61.5 Å². The summed E-state index contributed by atoms with van der Waals surface area (Å²) in [6, 6.07) is 17.3. The maximum Gasteiger partial charge on any atom is 0.330 e. The highest BCUT2D eigenvalue weighted by Gasteiger charge is 1.99. The van der Waals surface area contributed by atoms with E-state index < -0.39 is 0 Å². The lowest BCUT2D eigenvalue weighted by molar-refractivity contribution is -0.134. The molecule has 114 valence electrons. The minimum atomic E-state index is -0.342. The van der Waals surface area contributed by atoms with Crippen molar-refractivity contribution in [3.63, 3.8) is 0 Å². The smallest absolute Gasteiger partial charge is 0.330 e. The summed E-state index contributed by atoms with van der Waals surface area (Å²) in [5, 5.41) is 3.23. The molecule has 0 spiro atoms. The summed E-state index contributed by atoms with van der Waals surface area (Å²) in [5.41, 5.74) is 1.86. The van der Waals surface area contributed by atoms with Crippen LogP contribution in [-0.2, 0) is 9.53 Å². The molecule has 0 aromatic heterocycles. The van der Waals surface area contributed by atoms with Crippen LogP contribution in [0.2, 0.25) is 0 Å². The lowest BCUT2D eigenvalue weighted by Crippen LogP contribution is -2.05. The van der Waals surface area contributed by atoms with Gasteiger partial charge in [-0.3, -0.25) is 0 Å². The number of nitrogens with one attached hydrogen (secondary N) is 1. The molecule has 0 amide bonds. The Hall–Kier alpha value is -2.75. The number of anilines is 1. The summed E-state index contributed by atoms with van der Waals surface area (Å²) in [6.07, 6.45) is 1.47. The third-order valence-electron chi connectivity index (χ3n) is 2.97. The van der Waals surface area contributed by atoms with Crippen molar-refractivity contribution in [1.82, 2.24) is 0 Å². The number of hydrogen-bond donors (Lipinski definition) is 1. The number of para-hydroxylation sites is 1. The Labute approximate surface area is 130 Å². The summed E-state index contributed by atoms with van der Waals surface area (Å²) in [6.45, 7) is 2.45. The van der Waals surface area contributed by atoms with Gasteiger partial charge in [-0.25, -0.2) is 4.79 Å². The summed E-state index contributed by atoms with van der Waals surface area (Å²) >= 11 is 0. The first-order valence-corrected chi connectivity index (χ1v) is 6.99. The van der Waals surface area contributed by atoms with Crippen LogP contribution < -0.4 is 10.1 Å². The molecule has 0 aliphatic carbocycles. The molecule has 4 nitrogen and oxygen atoms in total. The van der Waals surface area contributed by atoms with Crippen molar-refractivity contribution in [3.05, 3.63) is 66.2 Å². The predicted molar refractivity (Wildman–Crippen MR) is 87.2 cm³/mol. The number of carbonyl (C=O) groups excluding carboxylic acids is 1. The fraction of sp³-hybridized carbons (Fsp3) is 0.167. The van der Waals surface area contributed by atoms with Crippen LogP contribution in [0.4, 0.5) is 5.69 Å². The van der Waals surface area contributed by atoms with Gasteiger partial charge in [0.2, 0.25) is 0 Å². The number of carbonyl (C=O) groups is 1. The molecule has 0 atom stereocenters. The lowest BCUT2D eigenvalue weighted by atomic mass is 10.2. The lowest BCUT2D eigenvalue weighted by Gasteiger charge is -2.09. The van der Waals surface area contributed by atoms with E-state index >= 15 is 0 Å². The molecule has 1 N–H and O–H groups in total. The first kappa shape index (κ1) is 15.6. The van der Waals surface area contributed by atoms with Gasteiger partial charge in [-0.1, -0.05) is 18.2 Å². The molecule has 0 aliphatic rings. The van der Waals surface area contributed by atoms with E-state index in [4.69, 9.17) is 4.74 Å². The molecule has 2 aromatic rings. The second-order valence-corrected chi connectivity index (χ2v) is 4.81. The maximum absolute atomic E-state index is 11.1. The van der Waals surface area contributed by atoms with Gasteiger partial charge >= 0.3 is 5.97 Å². The van der Waals surface area contributed by atoms with E-state index in [1.165, 1.54) is 13.2 Å². The van der Waals surface area contributed by atoms with E-state index in [0.717, 1.165) is 22.8 Å². The number of methoxy groups -OCH3 is 1. The third-order valence-corrected chi connectivity index (χ3v) is 2.97. The highest BCUT2D eigenvalue weighted by Crippen LogP contribution is 2.22. The Balaban J connectivity index is 1.89. The second kappa shape index (κ2) is 7.88. The van der Waals surface area contributed by atoms with Gasteiger partial charge in [-0.15, -0.1) is 0 Å². The molecule has 0 radical (unpaired) electrons. The average Bonchev–Trinajstić information content (AvgIpc) is 2.55. The monoisotopic (exact) mass is 297 g/mol. The number of esters is 1. The van der Waals surface area contributed by atoms with E-state index in [-0.39, 0.29) is 5.97 Å². The van der Waals surface area contributed by atoms with Gasteiger partial charge in [-0.2, -0.15) is 0 Å². The van der Waals surface area contributed by atoms with E-state index in [0.29, 0.717) is 6.54 Å². The van der Waals surface area contributed by atoms with Crippen molar-refractivity contribution >= 4 is 11.7 Å². The molecule has 0 bridgehead atoms. The van der Waals surface area contributed by atoms with Gasteiger partial charge in [0.05, 0.1) is 7.11 Å². The number of ether oxygens (including phenoxy) is 2. The fourth-order valence-electron chi connectivity index (χ4n) is 1.82. The minimum Gasteiger partial charge on any atom is -0.466 e. The highest BCUT2D eigenvalue weighted by atomic mass is 16.5. The summed E-state index contributed by atoms with van der Waals surface area (Å²) < 4.78 is 10.3. The number of rotatable bonds is 6. The quantitative estimate of drug-likeness (QED) is 0.646. The molecule has 0 heterocycles. The SMILES string of the molecule is COC(=O)/C=C(\C)CNc1ccc(Oc2ccccc2)cc1. The Morgan fingerprint density at radius 1 is 1.05 bits per heavy atom. The Kier molecular flexibility index (Phi) is 5.60. The largest absolute Gasteiger partial charge is 0.466 e. The standard InChI is InChI=1S/C18H19NO3/c1-14(12-18(20)21-2)13-19-15-8-10-17(11-9-15)22-16-6-4-3-5-7-16/h3-12,19H,13H2,1-2H3/b14-12+. The zero-order valence-corrected chi connectivity index (χ0v) is 12.7. The molecule has 2 aromatic carbocycles. The summed E-state index contributed by atoms with van der Waals surface area (Å²) in [5.74, 6) is 1.24. The molecule has 0 saturated heterocycles. The van der Waals surface area contributed by atoms with E-state index in [1.54, 1.807) is 0 Å². The van der Waals surface area contributed by atoms with Gasteiger partial charge in [0, 0.05) is 18.3 Å². The van der Waals surface area contributed by atoms with E-state index in [9.17, 15) is 4.79 Å². The molecule has 4 heteroatoms. The molecule has 0 unspecified atom stereocenters. The van der Waals surface area contributed by atoms with Crippen molar-refractivity contribution in [2.45, 2.75) is 6.92 Å². The molecular formula is C18H19NO3. The predicted octanol–water partition coefficient (Wildman–Crippen LogP) is 4.01. The Morgan fingerprint density at radius 2 is 1.68 bits per heavy atom. The van der Waals surface area contributed by atoms with Crippen LogP contribution in [0.15, 0.2) is 66.2 Å². The molecule has 0 fully saturated rings. The van der Waals surface area contributed by atoms with Crippen LogP contribution in [0, 0.1) is 0 Å². The Morgan fingerprint density at radius 3 is 2.32 bits per heavy atom. The van der Waals surface area contributed by atoms with Crippen molar-refractivity contribution in [2.24, 2.45) is 0 Å². The van der Waals surface area contributed by atoms with Crippen molar-refractivity contribution in [1.29, 1.82) is 0 Å². The second-order valence-electron chi connectivity index (χ2n) is 4.81.